The highest BCUT2D eigenvalue weighted by Gasteiger charge is 2.43. The van der Waals surface area contributed by atoms with Crippen LogP contribution in [0.4, 0.5) is 4.79 Å². The number of imidazole rings is 1. The van der Waals surface area contributed by atoms with Gasteiger partial charge in [0, 0.05) is 67.4 Å². The third kappa shape index (κ3) is 6.82. The summed E-state index contributed by atoms with van der Waals surface area (Å²) >= 11 is 10.1. The van der Waals surface area contributed by atoms with Crippen LogP contribution in [0.2, 0.25) is 5.02 Å². The number of piperidine rings is 1. The number of piperazine rings is 1. The van der Waals surface area contributed by atoms with Gasteiger partial charge in [0.2, 0.25) is 5.91 Å². The van der Waals surface area contributed by atoms with Gasteiger partial charge in [-0.05, 0) is 103 Å². The molecule has 1 aliphatic carbocycles. The Morgan fingerprint density at radius 3 is 2.68 bits per heavy atom. The first kappa shape index (κ1) is 31.0. The average Bonchev–Trinajstić information content (AvgIpc) is 3.44. The van der Waals surface area contributed by atoms with Crippen molar-refractivity contribution in [3.8, 4) is 0 Å². The summed E-state index contributed by atoms with van der Waals surface area (Å²) in [5, 5.41) is 0.709. The zero-order chi connectivity index (χ0) is 31.0. The number of ether oxygens (including phenoxy) is 1. The molecule has 4 heterocycles. The molecule has 3 atom stereocenters. The lowest BCUT2D eigenvalue weighted by Crippen LogP contribution is -2.63. The van der Waals surface area contributed by atoms with E-state index in [0.29, 0.717) is 43.7 Å². The van der Waals surface area contributed by atoms with Crippen molar-refractivity contribution in [1.82, 2.24) is 29.2 Å². The van der Waals surface area contributed by atoms with Crippen molar-refractivity contribution < 1.29 is 14.3 Å². The third-order valence-electron chi connectivity index (χ3n) is 8.84. The molecular formula is C33H40BrClN6O3. The fourth-order valence-electron chi connectivity index (χ4n) is 6.89. The SMILES string of the molecule is CC(C)(C)OC(=O)N1CCN([C@@H]2c3ccc(Cl)cc3CCc3cc(Br)cnc32)C[C@@H]1C(=O)N1CCC[C@@H](Cn2ccnc2)C1. The standard InChI is InChI=1S/C33H40BrClN6O3/c1-33(2,3)44-32(43)41-14-13-39(20-28(41)31(42)40-11-4-5-22(19-40)18-38-12-10-36-21-38)30-27-9-8-26(35)16-23(27)6-7-24-15-25(34)17-37-29(24)30/h8-10,12,15-17,21-22,28,30H,4-7,11,13-14,18-20H2,1-3H3/t22-,28+,30+/m0/s1. The number of nitrogens with zero attached hydrogens (tertiary/aromatic N) is 6. The van der Waals surface area contributed by atoms with Crippen molar-refractivity contribution >= 4 is 39.5 Å². The van der Waals surface area contributed by atoms with Gasteiger partial charge in [-0.25, -0.2) is 9.78 Å². The first-order valence-corrected chi connectivity index (χ1v) is 16.6. The molecule has 2 amide bonds. The highest BCUT2D eigenvalue weighted by atomic mass is 79.9. The van der Waals surface area contributed by atoms with Gasteiger partial charge in [0.1, 0.15) is 11.6 Å². The maximum Gasteiger partial charge on any atom is 0.411 e. The lowest BCUT2D eigenvalue weighted by atomic mass is 9.94. The number of benzene rings is 1. The molecule has 11 heteroatoms. The molecule has 0 bridgehead atoms. The van der Waals surface area contributed by atoms with Crippen LogP contribution in [0.1, 0.15) is 62.0 Å². The number of aromatic nitrogens is 3. The summed E-state index contributed by atoms with van der Waals surface area (Å²) in [5.74, 6) is 0.300. The van der Waals surface area contributed by atoms with E-state index in [0.717, 1.165) is 48.0 Å². The molecule has 3 aromatic rings. The maximum absolute atomic E-state index is 14.4. The highest BCUT2D eigenvalue weighted by molar-refractivity contribution is 9.10. The van der Waals surface area contributed by atoms with Crippen LogP contribution >= 0.6 is 27.5 Å². The second-order valence-electron chi connectivity index (χ2n) is 13.2. The summed E-state index contributed by atoms with van der Waals surface area (Å²) in [7, 11) is 0. The highest BCUT2D eigenvalue weighted by Crippen LogP contribution is 2.39. The van der Waals surface area contributed by atoms with Crippen molar-refractivity contribution in [2.45, 2.75) is 70.7 Å². The molecule has 2 aromatic heterocycles. The molecular weight excluding hydrogens is 644 g/mol. The average molecular weight is 684 g/mol. The topological polar surface area (TPSA) is 83.8 Å². The zero-order valence-electron chi connectivity index (χ0n) is 25.6. The summed E-state index contributed by atoms with van der Waals surface area (Å²) in [6.07, 6.45) is 10.6. The smallest absolute Gasteiger partial charge is 0.411 e. The molecule has 2 saturated heterocycles. The van der Waals surface area contributed by atoms with E-state index in [1.54, 1.807) is 11.1 Å². The van der Waals surface area contributed by atoms with E-state index in [-0.39, 0.29) is 11.9 Å². The zero-order valence-corrected chi connectivity index (χ0v) is 27.9. The Hall–Kier alpha value is -2.95. The summed E-state index contributed by atoms with van der Waals surface area (Å²) < 4.78 is 8.85. The van der Waals surface area contributed by atoms with E-state index in [1.165, 1.54) is 11.1 Å². The normalized spacial score (nSPS) is 22.6. The Labute approximate surface area is 272 Å². The number of likely N-dealkylation sites (tertiary alicyclic amines) is 1. The lowest BCUT2D eigenvalue weighted by Gasteiger charge is -2.46. The minimum absolute atomic E-state index is 0.0233. The van der Waals surface area contributed by atoms with Gasteiger partial charge in [0.25, 0.3) is 0 Å². The molecule has 234 valence electrons. The Morgan fingerprint density at radius 2 is 1.91 bits per heavy atom. The lowest BCUT2D eigenvalue weighted by molar-refractivity contribution is -0.141. The molecule has 0 spiro atoms. The second kappa shape index (κ2) is 12.8. The fourth-order valence-corrected chi connectivity index (χ4v) is 7.46. The third-order valence-corrected chi connectivity index (χ3v) is 9.51. The molecule has 0 radical (unpaired) electrons. The monoisotopic (exact) mass is 682 g/mol. The number of carbonyl (C=O) groups excluding carboxylic acids is 2. The predicted molar refractivity (Wildman–Crippen MR) is 172 cm³/mol. The Kier molecular flexibility index (Phi) is 9.04. The fraction of sp³-hybridized carbons (Fsp3) is 0.515. The van der Waals surface area contributed by atoms with E-state index in [2.05, 4.69) is 48.6 Å². The van der Waals surface area contributed by atoms with Gasteiger partial charge in [-0.3, -0.25) is 19.6 Å². The number of pyridine rings is 1. The summed E-state index contributed by atoms with van der Waals surface area (Å²) in [5.41, 5.74) is 3.83. The number of amides is 2. The summed E-state index contributed by atoms with van der Waals surface area (Å²) in [4.78, 5) is 43.1. The number of aryl methyl sites for hydroxylation is 2. The van der Waals surface area contributed by atoms with Gasteiger partial charge in [-0.15, -0.1) is 0 Å². The summed E-state index contributed by atoms with van der Waals surface area (Å²) in [6.45, 7) is 9.06. The predicted octanol–water partition coefficient (Wildman–Crippen LogP) is 5.74. The summed E-state index contributed by atoms with van der Waals surface area (Å²) in [6, 6.07) is 7.40. The molecule has 44 heavy (non-hydrogen) atoms. The van der Waals surface area contributed by atoms with Crippen molar-refractivity contribution in [1.29, 1.82) is 0 Å². The molecule has 6 rings (SSSR count). The van der Waals surface area contributed by atoms with Crippen LogP contribution in [0, 0.1) is 5.92 Å². The van der Waals surface area contributed by atoms with Crippen molar-refractivity contribution in [3.05, 3.63) is 81.1 Å². The van der Waals surface area contributed by atoms with Crippen molar-refractivity contribution in [2.24, 2.45) is 5.92 Å². The van der Waals surface area contributed by atoms with E-state index in [4.69, 9.17) is 21.3 Å². The quantitative estimate of drug-likeness (QED) is 0.349. The molecule has 2 aliphatic heterocycles. The molecule has 0 saturated carbocycles. The van der Waals surface area contributed by atoms with Gasteiger partial charge >= 0.3 is 6.09 Å². The van der Waals surface area contributed by atoms with Crippen LogP contribution in [0.25, 0.3) is 0 Å². The largest absolute Gasteiger partial charge is 0.444 e. The van der Waals surface area contributed by atoms with Gasteiger partial charge < -0.3 is 14.2 Å². The van der Waals surface area contributed by atoms with Gasteiger partial charge in [-0.2, -0.15) is 0 Å². The number of fused-ring (bicyclic) bond motifs is 2. The van der Waals surface area contributed by atoms with Gasteiger partial charge in [0.15, 0.2) is 0 Å². The van der Waals surface area contributed by atoms with Crippen LogP contribution in [0.15, 0.2) is 53.7 Å². The molecule has 2 fully saturated rings. The first-order valence-electron chi connectivity index (χ1n) is 15.5. The first-order chi connectivity index (χ1) is 21.1. The molecule has 0 N–H and O–H groups in total. The number of hydrogen-bond donors (Lipinski definition) is 0. The number of carbonyl (C=O) groups is 2. The molecule has 0 unspecified atom stereocenters. The molecule has 1 aromatic carbocycles. The Balaban J connectivity index is 1.32. The van der Waals surface area contributed by atoms with Crippen LogP contribution in [-0.2, 0) is 28.9 Å². The van der Waals surface area contributed by atoms with E-state index in [1.807, 2.05) is 50.5 Å². The van der Waals surface area contributed by atoms with Gasteiger partial charge in [0.05, 0.1) is 18.1 Å². The number of halogens is 2. The second-order valence-corrected chi connectivity index (χ2v) is 14.5. The van der Waals surface area contributed by atoms with Crippen LogP contribution in [0.3, 0.4) is 0 Å². The Morgan fingerprint density at radius 1 is 1.09 bits per heavy atom. The van der Waals surface area contributed by atoms with E-state index < -0.39 is 17.7 Å². The van der Waals surface area contributed by atoms with Crippen LogP contribution < -0.4 is 0 Å². The van der Waals surface area contributed by atoms with Crippen molar-refractivity contribution in [3.63, 3.8) is 0 Å². The van der Waals surface area contributed by atoms with Crippen LogP contribution in [-0.4, -0.2) is 85.6 Å². The van der Waals surface area contributed by atoms with E-state index >= 15 is 0 Å². The van der Waals surface area contributed by atoms with Crippen molar-refractivity contribution in [2.75, 3.05) is 32.7 Å². The minimum atomic E-state index is -0.677. The Bertz CT molecular complexity index is 1460. The number of hydrogen-bond acceptors (Lipinski definition) is 6. The van der Waals surface area contributed by atoms with Gasteiger partial charge in [-0.1, -0.05) is 17.7 Å². The minimum Gasteiger partial charge on any atom is -0.444 e. The maximum atomic E-state index is 14.4. The van der Waals surface area contributed by atoms with E-state index in [9.17, 15) is 9.59 Å². The molecule has 3 aliphatic rings. The molecule has 9 nitrogen and oxygen atoms in total. The van der Waals surface area contributed by atoms with Crippen LogP contribution in [0.5, 0.6) is 0 Å². The number of rotatable bonds is 4.